The summed E-state index contributed by atoms with van der Waals surface area (Å²) in [7, 11) is 1.66. The second kappa shape index (κ2) is 10.4. The molecule has 3 heterocycles. The van der Waals surface area contributed by atoms with Crippen molar-refractivity contribution in [1.82, 2.24) is 14.9 Å². The van der Waals surface area contributed by atoms with Crippen molar-refractivity contribution >= 4 is 41.6 Å². The lowest BCUT2D eigenvalue weighted by atomic mass is 10.0. The van der Waals surface area contributed by atoms with Gasteiger partial charge in [-0.3, -0.25) is 19.8 Å². The molecule has 0 aliphatic carbocycles. The van der Waals surface area contributed by atoms with Crippen LogP contribution in [0.5, 0.6) is 0 Å². The van der Waals surface area contributed by atoms with Crippen LogP contribution in [0.15, 0.2) is 23.2 Å². The van der Waals surface area contributed by atoms with Gasteiger partial charge < -0.3 is 4.90 Å². The number of aromatic nitrogens is 2. The maximum absolute atomic E-state index is 13.1. The molecular formula is C23H26N6O3S. The van der Waals surface area contributed by atoms with E-state index in [0.717, 1.165) is 16.9 Å². The summed E-state index contributed by atoms with van der Waals surface area (Å²) < 4.78 is 0. The summed E-state index contributed by atoms with van der Waals surface area (Å²) in [4.78, 5) is 48.8. The summed E-state index contributed by atoms with van der Waals surface area (Å²) in [6.07, 6.45) is 3.54. The Labute approximate surface area is 197 Å². The van der Waals surface area contributed by atoms with Gasteiger partial charge in [0.2, 0.25) is 5.91 Å². The highest BCUT2D eigenvalue weighted by Crippen LogP contribution is 2.30. The number of aldehydes is 1. The molecule has 2 aromatic heterocycles. The minimum Gasteiger partial charge on any atom is -0.342 e. The van der Waals surface area contributed by atoms with E-state index in [1.165, 1.54) is 34.7 Å². The van der Waals surface area contributed by atoms with Gasteiger partial charge in [0.05, 0.1) is 5.56 Å². The van der Waals surface area contributed by atoms with Crippen molar-refractivity contribution in [3.8, 4) is 6.07 Å². The number of fused-ring (bicyclic) bond motifs is 1. The van der Waals surface area contributed by atoms with E-state index < -0.39 is 6.03 Å². The van der Waals surface area contributed by atoms with E-state index >= 15 is 0 Å². The van der Waals surface area contributed by atoms with E-state index in [0.29, 0.717) is 42.0 Å². The van der Waals surface area contributed by atoms with Gasteiger partial charge in [0.15, 0.2) is 6.29 Å². The molecule has 3 rings (SSSR count). The summed E-state index contributed by atoms with van der Waals surface area (Å²) in [5.74, 6) is 0.653. The number of thioether (sulfide) groups is 1. The third-order valence-electron chi connectivity index (χ3n) is 5.16. The van der Waals surface area contributed by atoms with Crippen LogP contribution in [-0.4, -0.2) is 51.9 Å². The summed E-state index contributed by atoms with van der Waals surface area (Å²) >= 11 is 1.52. The van der Waals surface area contributed by atoms with Crippen LogP contribution in [0, 0.1) is 11.3 Å². The molecule has 0 bridgehead atoms. The summed E-state index contributed by atoms with van der Waals surface area (Å²) in [6, 6.07) is 5.25. The van der Waals surface area contributed by atoms with Gasteiger partial charge in [-0.25, -0.2) is 14.8 Å². The van der Waals surface area contributed by atoms with E-state index in [2.05, 4.69) is 21.4 Å². The Morgan fingerprint density at radius 1 is 1.39 bits per heavy atom. The van der Waals surface area contributed by atoms with Crippen molar-refractivity contribution in [1.29, 1.82) is 5.26 Å². The first-order chi connectivity index (χ1) is 15.7. The monoisotopic (exact) mass is 466 g/mol. The van der Waals surface area contributed by atoms with E-state index in [9.17, 15) is 19.6 Å². The zero-order valence-corrected chi connectivity index (χ0v) is 19.9. The number of anilines is 2. The number of hydrogen-bond acceptors (Lipinski definition) is 7. The van der Waals surface area contributed by atoms with Crippen molar-refractivity contribution in [2.45, 2.75) is 50.3 Å². The van der Waals surface area contributed by atoms with Crippen LogP contribution >= 0.6 is 11.8 Å². The molecule has 0 fully saturated rings. The number of carbonyl (C=O) groups excluding carboxylic acids is 3. The highest BCUT2D eigenvalue weighted by Gasteiger charge is 2.26. The molecular weight excluding hydrogens is 440 g/mol. The largest absolute Gasteiger partial charge is 0.342 e. The number of nitrogens with one attached hydrogen (secondary N) is 1. The molecule has 0 saturated carbocycles. The molecule has 1 N–H and O–H groups in total. The third-order valence-corrected chi connectivity index (χ3v) is 6.22. The molecule has 1 aliphatic heterocycles. The zero-order chi connectivity index (χ0) is 24.1. The van der Waals surface area contributed by atoms with E-state index in [1.807, 2.05) is 19.9 Å². The van der Waals surface area contributed by atoms with Crippen LogP contribution in [0.25, 0.3) is 0 Å². The number of aryl methyl sites for hydroxylation is 1. The Morgan fingerprint density at radius 3 is 2.79 bits per heavy atom. The van der Waals surface area contributed by atoms with Crippen molar-refractivity contribution in [3.63, 3.8) is 0 Å². The van der Waals surface area contributed by atoms with Gasteiger partial charge in [-0.05, 0) is 30.5 Å². The lowest BCUT2D eigenvalue weighted by Crippen LogP contribution is -2.40. The topological polar surface area (TPSA) is 119 Å². The third kappa shape index (κ3) is 5.68. The smallest absolute Gasteiger partial charge is 0.328 e. The Kier molecular flexibility index (Phi) is 7.66. The van der Waals surface area contributed by atoms with Crippen molar-refractivity contribution in [2.24, 2.45) is 0 Å². The first-order valence-electron chi connectivity index (χ1n) is 10.6. The molecule has 0 spiro atoms. The van der Waals surface area contributed by atoms with E-state index in [1.54, 1.807) is 13.1 Å². The molecule has 0 aromatic carbocycles. The molecule has 172 valence electrons. The Bertz CT molecular complexity index is 1130. The fourth-order valence-electron chi connectivity index (χ4n) is 3.47. The molecule has 0 atom stereocenters. The number of pyridine rings is 2. The predicted octanol–water partition coefficient (Wildman–Crippen LogP) is 3.62. The number of rotatable bonds is 6. The van der Waals surface area contributed by atoms with Crippen molar-refractivity contribution in [2.75, 3.05) is 23.8 Å². The summed E-state index contributed by atoms with van der Waals surface area (Å²) in [5.41, 5.74) is 2.15. The van der Waals surface area contributed by atoms with Crippen LogP contribution in [0.2, 0.25) is 0 Å². The van der Waals surface area contributed by atoms with Crippen LogP contribution < -0.4 is 10.2 Å². The van der Waals surface area contributed by atoms with E-state index in [-0.39, 0.29) is 23.4 Å². The standard InChI is InChI=1S/C23H26N6O3S/c1-14(2)33-20-9-21(25-11-18(20)10-24)27-23(32)29-7-5-6-16-8-17(12-28(4)15(3)31)19(13-30)26-22(16)29/h8-9,11,13-14H,5-7,12H2,1-4H3,(H,25,27,32). The van der Waals surface area contributed by atoms with Crippen LogP contribution in [-0.2, 0) is 17.8 Å². The maximum atomic E-state index is 13.1. The SMILES string of the molecule is CC(=O)N(C)Cc1cc2c(nc1C=O)N(C(=O)Nc1cc(SC(C)C)c(C#N)cn1)CCC2. The van der Waals surface area contributed by atoms with Gasteiger partial charge in [0, 0.05) is 49.0 Å². The molecule has 33 heavy (non-hydrogen) atoms. The number of nitrogens with zero attached hydrogens (tertiary/aromatic N) is 5. The molecule has 0 saturated heterocycles. The molecule has 9 nitrogen and oxygen atoms in total. The summed E-state index contributed by atoms with van der Waals surface area (Å²) in [6.45, 7) is 6.21. The van der Waals surface area contributed by atoms with Gasteiger partial charge in [-0.15, -0.1) is 11.8 Å². The average Bonchev–Trinajstić information content (AvgIpc) is 2.77. The van der Waals surface area contributed by atoms with Gasteiger partial charge in [-0.2, -0.15) is 5.26 Å². The Hall–Kier alpha value is -3.45. The highest BCUT2D eigenvalue weighted by molar-refractivity contribution is 8.00. The van der Waals surface area contributed by atoms with Gasteiger partial charge in [0.25, 0.3) is 0 Å². The van der Waals surface area contributed by atoms with Gasteiger partial charge in [0.1, 0.15) is 23.4 Å². The summed E-state index contributed by atoms with van der Waals surface area (Å²) in [5, 5.41) is 12.4. The zero-order valence-electron chi connectivity index (χ0n) is 19.1. The van der Waals surface area contributed by atoms with Gasteiger partial charge in [-0.1, -0.05) is 13.8 Å². The lowest BCUT2D eigenvalue weighted by molar-refractivity contribution is -0.128. The molecule has 3 amide bonds. The van der Waals surface area contributed by atoms with Crippen molar-refractivity contribution < 1.29 is 14.4 Å². The van der Waals surface area contributed by atoms with Crippen LogP contribution in [0.3, 0.4) is 0 Å². The quantitative estimate of drug-likeness (QED) is 0.510. The molecule has 10 heteroatoms. The fraction of sp³-hybridized carbons (Fsp3) is 0.391. The van der Waals surface area contributed by atoms with Crippen LogP contribution in [0.1, 0.15) is 54.4 Å². The minimum absolute atomic E-state index is 0.115. The molecule has 0 unspecified atom stereocenters. The second-order valence-electron chi connectivity index (χ2n) is 8.04. The van der Waals surface area contributed by atoms with Crippen LogP contribution in [0.4, 0.5) is 16.4 Å². The lowest BCUT2D eigenvalue weighted by Gasteiger charge is -2.29. The van der Waals surface area contributed by atoms with E-state index in [4.69, 9.17) is 0 Å². The normalized spacial score (nSPS) is 12.7. The fourth-order valence-corrected chi connectivity index (χ4v) is 4.38. The Balaban J connectivity index is 1.87. The predicted molar refractivity (Wildman–Crippen MR) is 126 cm³/mol. The molecule has 0 radical (unpaired) electrons. The number of amides is 3. The second-order valence-corrected chi connectivity index (χ2v) is 9.66. The first-order valence-corrected chi connectivity index (χ1v) is 11.5. The first kappa shape index (κ1) is 24.2. The maximum Gasteiger partial charge on any atom is 0.328 e. The Morgan fingerprint density at radius 2 is 2.15 bits per heavy atom. The molecule has 1 aliphatic rings. The van der Waals surface area contributed by atoms with Gasteiger partial charge >= 0.3 is 6.03 Å². The average molecular weight is 467 g/mol. The highest BCUT2D eigenvalue weighted by atomic mass is 32.2. The number of carbonyl (C=O) groups is 3. The number of nitriles is 1. The molecule has 2 aromatic rings. The number of urea groups is 1. The number of hydrogen-bond donors (Lipinski definition) is 1. The minimum atomic E-state index is -0.411. The van der Waals surface area contributed by atoms with Crippen molar-refractivity contribution in [3.05, 3.63) is 40.7 Å².